The van der Waals surface area contributed by atoms with Gasteiger partial charge in [0, 0.05) is 5.69 Å². The molecule has 0 heterocycles. The topological polar surface area (TPSA) is 64.3 Å². The summed E-state index contributed by atoms with van der Waals surface area (Å²) in [6.45, 7) is 5.44. The summed E-state index contributed by atoms with van der Waals surface area (Å²) in [4.78, 5) is 11.9. The van der Waals surface area contributed by atoms with Gasteiger partial charge in [-0.05, 0) is 62.2 Å². The van der Waals surface area contributed by atoms with E-state index in [1.54, 1.807) is 38.1 Å². The fraction of sp³-hybridized carbons (Fsp3) is 0.278. The fourth-order valence-electron chi connectivity index (χ4n) is 1.94. The molecule has 0 bridgehead atoms. The highest BCUT2D eigenvalue weighted by molar-refractivity contribution is 5.97. The lowest BCUT2D eigenvalue weighted by Crippen LogP contribution is -2.45. The van der Waals surface area contributed by atoms with Crippen molar-refractivity contribution in [2.75, 3.05) is 5.32 Å². The highest BCUT2D eigenvalue weighted by Crippen LogP contribution is 2.23. The summed E-state index contributed by atoms with van der Waals surface area (Å²) in [6.07, 6.45) is 0. The Morgan fingerprint density at radius 2 is 2.00 bits per heavy atom. The lowest BCUT2D eigenvalue weighted by molar-refractivity contribution is -0.120. The minimum Gasteiger partial charge on any atom is -0.489 e. The normalized spacial score (nSPS) is 11.2. The molecule has 0 fully saturated rings. The van der Waals surface area contributed by atoms with Gasteiger partial charge in [-0.25, -0.2) is 4.39 Å². The van der Waals surface area contributed by atoms with E-state index in [1.165, 1.54) is 12.1 Å². The molecule has 0 aliphatic rings. The molecule has 0 radical (unpaired) electrons. The first kappa shape index (κ1) is 17.0. The lowest BCUT2D eigenvalue weighted by atomic mass is 10.1. The summed E-state index contributed by atoms with van der Waals surface area (Å²) in [5, 5.41) is 2.79. The summed E-state index contributed by atoms with van der Waals surface area (Å²) in [7, 11) is 0. The highest BCUT2D eigenvalue weighted by Gasteiger charge is 2.22. The van der Waals surface area contributed by atoms with E-state index in [-0.39, 0.29) is 18.3 Å². The summed E-state index contributed by atoms with van der Waals surface area (Å²) >= 11 is 0. The number of nitrogens with two attached hydrogens (primary N) is 1. The molecule has 2 aromatic carbocycles. The predicted octanol–water partition coefficient (Wildman–Crippen LogP) is 3.39. The molecule has 4 nitrogen and oxygen atoms in total. The predicted molar refractivity (Wildman–Crippen MR) is 88.8 cm³/mol. The number of carbonyl (C=O) groups is 1. The zero-order chi connectivity index (χ0) is 17.0. The SMILES string of the molecule is Cc1cc(OCc2cccc(F)c2)ccc1NC(=O)C(C)(C)N. The van der Waals surface area contributed by atoms with Crippen LogP contribution in [0.1, 0.15) is 25.0 Å². The Morgan fingerprint density at radius 3 is 2.61 bits per heavy atom. The van der Waals surface area contributed by atoms with E-state index >= 15 is 0 Å². The van der Waals surface area contributed by atoms with E-state index in [0.29, 0.717) is 11.4 Å². The molecule has 2 aromatic rings. The maximum absolute atomic E-state index is 13.1. The quantitative estimate of drug-likeness (QED) is 0.888. The molecule has 0 aliphatic carbocycles. The maximum atomic E-state index is 13.1. The van der Waals surface area contributed by atoms with Gasteiger partial charge >= 0.3 is 0 Å². The fourth-order valence-corrected chi connectivity index (χ4v) is 1.94. The van der Waals surface area contributed by atoms with Crippen molar-refractivity contribution in [2.24, 2.45) is 5.73 Å². The van der Waals surface area contributed by atoms with Crippen LogP contribution in [0.15, 0.2) is 42.5 Å². The summed E-state index contributed by atoms with van der Waals surface area (Å²) in [5.74, 6) is 0.107. The smallest absolute Gasteiger partial charge is 0.243 e. The van der Waals surface area contributed by atoms with Gasteiger partial charge in [0.1, 0.15) is 18.2 Å². The number of nitrogens with one attached hydrogen (secondary N) is 1. The van der Waals surface area contributed by atoms with Crippen LogP contribution in [0.2, 0.25) is 0 Å². The molecule has 23 heavy (non-hydrogen) atoms. The molecule has 5 heteroatoms. The lowest BCUT2D eigenvalue weighted by Gasteiger charge is -2.19. The van der Waals surface area contributed by atoms with Gasteiger partial charge in [-0.2, -0.15) is 0 Å². The third kappa shape index (κ3) is 4.79. The molecule has 0 spiro atoms. The van der Waals surface area contributed by atoms with Crippen LogP contribution < -0.4 is 15.8 Å². The van der Waals surface area contributed by atoms with Gasteiger partial charge in [-0.15, -0.1) is 0 Å². The molecular weight excluding hydrogens is 295 g/mol. The Labute approximate surface area is 135 Å². The molecule has 0 aromatic heterocycles. The van der Waals surface area contributed by atoms with Crippen LogP contribution in [0.4, 0.5) is 10.1 Å². The number of anilines is 1. The molecule has 3 N–H and O–H groups in total. The monoisotopic (exact) mass is 316 g/mol. The van der Waals surface area contributed by atoms with Crippen molar-refractivity contribution in [1.82, 2.24) is 0 Å². The zero-order valence-electron chi connectivity index (χ0n) is 13.5. The van der Waals surface area contributed by atoms with Crippen molar-refractivity contribution in [2.45, 2.75) is 32.9 Å². The van der Waals surface area contributed by atoms with E-state index in [4.69, 9.17) is 10.5 Å². The van der Waals surface area contributed by atoms with Crippen LogP contribution in [0.5, 0.6) is 5.75 Å². The van der Waals surface area contributed by atoms with Gasteiger partial charge in [0.05, 0.1) is 5.54 Å². The minimum atomic E-state index is -0.945. The summed E-state index contributed by atoms with van der Waals surface area (Å²) in [6, 6.07) is 11.6. The third-order valence-corrected chi connectivity index (χ3v) is 3.33. The zero-order valence-corrected chi connectivity index (χ0v) is 13.5. The Bertz CT molecular complexity index is 708. The number of halogens is 1. The van der Waals surface area contributed by atoms with Crippen molar-refractivity contribution in [3.8, 4) is 5.75 Å². The number of amides is 1. The highest BCUT2D eigenvalue weighted by atomic mass is 19.1. The van der Waals surface area contributed by atoms with Crippen LogP contribution in [0.3, 0.4) is 0 Å². The van der Waals surface area contributed by atoms with E-state index in [2.05, 4.69) is 5.32 Å². The average Bonchev–Trinajstić information content (AvgIpc) is 2.46. The van der Waals surface area contributed by atoms with Crippen molar-refractivity contribution in [1.29, 1.82) is 0 Å². The van der Waals surface area contributed by atoms with Crippen LogP contribution >= 0.6 is 0 Å². The number of ether oxygens (including phenoxy) is 1. The third-order valence-electron chi connectivity index (χ3n) is 3.33. The van der Waals surface area contributed by atoms with Crippen molar-refractivity contribution in [3.63, 3.8) is 0 Å². The number of hydrogen-bond donors (Lipinski definition) is 2. The first-order valence-electron chi connectivity index (χ1n) is 7.34. The maximum Gasteiger partial charge on any atom is 0.243 e. The standard InChI is InChI=1S/C18H21FN2O2/c1-12-9-15(23-11-13-5-4-6-14(19)10-13)7-8-16(12)21-17(22)18(2,3)20/h4-10H,11,20H2,1-3H3,(H,21,22). The molecule has 2 rings (SSSR count). The second-order valence-corrected chi connectivity index (χ2v) is 6.07. The van der Waals surface area contributed by atoms with Gasteiger partial charge in [0.15, 0.2) is 0 Å². The number of aryl methyl sites for hydroxylation is 1. The minimum absolute atomic E-state index is 0.256. The van der Waals surface area contributed by atoms with Gasteiger partial charge in [-0.3, -0.25) is 4.79 Å². The van der Waals surface area contributed by atoms with Gasteiger partial charge < -0.3 is 15.8 Å². The largest absolute Gasteiger partial charge is 0.489 e. The second kappa shape index (κ2) is 6.79. The first-order valence-corrected chi connectivity index (χ1v) is 7.34. The number of hydrogen-bond acceptors (Lipinski definition) is 3. The van der Waals surface area contributed by atoms with Crippen molar-refractivity contribution in [3.05, 3.63) is 59.4 Å². The molecule has 0 atom stereocenters. The molecule has 0 saturated carbocycles. The van der Waals surface area contributed by atoms with Crippen molar-refractivity contribution < 1.29 is 13.9 Å². The van der Waals surface area contributed by atoms with E-state index in [0.717, 1.165) is 11.1 Å². The van der Waals surface area contributed by atoms with Gasteiger partial charge in [0.25, 0.3) is 0 Å². The Morgan fingerprint density at radius 1 is 1.26 bits per heavy atom. The average molecular weight is 316 g/mol. The molecule has 0 aliphatic heterocycles. The summed E-state index contributed by atoms with van der Waals surface area (Å²) < 4.78 is 18.8. The number of rotatable bonds is 5. The molecule has 122 valence electrons. The second-order valence-electron chi connectivity index (χ2n) is 6.07. The van der Waals surface area contributed by atoms with Crippen LogP contribution in [-0.2, 0) is 11.4 Å². The van der Waals surface area contributed by atoms with E-state index in [1.807, 2.05) is 13.0 Å². The Balaban J connectivity index is 2.03. The Hall–Kier alpha value is -2.40. The van der Waals surface area contributed by atoms with Crippen LogP contribution in [-0.4, -0.2) is 11.4 Å². The summed E-state index contributed by atoms with van der Waals surface area (Å²) in [5.41, 5.74) is 7.12. The first-order chi connectivity index (χ1) is 10.8. The number of carbonyl (C=O) groups excluding carboxylic acids is 1. The molecule has 0 unspecified atom stereocenters. The molecule has 0 saturated heterocycles. The van der Waals surface area contributed by atoms with Gasteiger partial charge in [0.2, 0.25) is 5.91 Å². The number of benzene rings is 2. The van der Waals surface area contributed by atoms with Crippen LogP contribution in [0.25, 0.3) is 0 Å². The van der Waals surface area contributed by atoms with E-state index in [9.17, 15) is 9.18 Å². The van der Waals surface area contributed by atoms with Crippen LogP contribution in [0, 0.1) is 12.7 Å². The van der Waals surface area contributed by atoms with E-state index < -0.39 is 5.54 Å². The van der Waals surface area contributed by atoms with Crippen molar-refractivity contribution >= 4 is 11.6 Å². The Kier molecular flexibility index (Phi) is 5.01. The van der Waals surface area contributed by atoms with Gasteiger partial charge in [-0.1, -0.05) is 12.1 Å². The molecule has 1 amide bonds. The molecular formula is C18H21FN2O2.